The topological polar surface area (TPSA) is 58.4 Å². The first kappa shape index (κ1) is 15.8. The van der Waals surface area contributed by atoms with Gasteiger partial charge in [-0.05, 0) is 52.0 Å². The van der Waals surface area contributed by atoms with Crippen LogP contribution in [-0.2, 0) is 6.54 Å². The van der Waals surface area contributed by atoms with Gasteiger partial charge in [-0.3, -0.25) is 10.1 Å². The van der Waals surface area contributed by atoms with E-state index in [1.807, 2.05) is 36.4 Å². The van der Waals surface area contributed by atoms with Crippen LogP contribution in [0.25, 0.3) is 0 Å². The van der Waals surface area contributed by atoms with Crippen molar-refractivity contribution in [3.63, 3.8) is 0 Å². The van der Waals surface area contributed by atoms with Crippen LogP contribution in [0.1, 0.15) is 12.5 Å². The molecule has 0 aliphatic heterocycles. The molecule has 0 aliphatic rings. The summed E-state index contributed by atoms with van der Waals surface area (Å²) in [5.41, 5.74) is 2.41. The molecule has 2 aromatic rings. The van der Waals surface area contributed by atoms with E-state index in [0.717, 1.165) is 9.35 Å². The highest BCUT2D eigenvalue weighted by molar-refractivity contribution is 9.11. The Balaban J connectivity index is 2.33. The monoisotopic (exact) mass is 369 g/mol. The molecule has 0 saturated carbocycles. The number of halogens is 1. The predicted octanol–water partition coefficient (Wildman–Crippen LogP) is 4.49. The molecule has 1 heterocycles. The molecule has 1 aromatic carbocycles. The zero-order valence-electron chi connectivity index (χ0n) is 11.8. The highest BCUT2D eigenvalue weighted by atomic mass is 79.9. The van der Waals surface area contributed by atoms with Gasteiger partial charge in [0.2, 0.25) is 0 Å². The maximum Gasteiger partial charge on any atom is 0.315 e. The van der Waals surface area contributed by atoms with Crippen molar-refractivity contribution >= 4 is 44.3 Å². The van der Waals surface area contributed by atoms with Gasteiger partial charge in [0, 0.05) is 20.1 Å². The van der Waals surface area contributed by atoms with E-state index < -0.39 is 0 Å². The fourth-order valence-electron chi connectivity index (χ4n) is 2.15. The van der Waals surface area contributed by atoms with Crippen molar-refractivity contribution in [3.05, 3.63) is 49.1 Å². The number of thiophene rings is 1. The third-order valence-electron chi connectivity index (χ3n) is 3.02. The lowest BCUT2D eigenvalue weighted by Gasteiger charge is -2.20. The molecule has 0 saturated heterocycles. The van der Waals surface area contributed by atoms with Crippen LogP contribution in [0.4, 0.5) is 17.1 Å². The lowest BCUT2D eigenvalue weighted by Crippen LogP contribution is -2.18. The van der Waals surface area contributed by atoms with Crippen LogP contribution >= 0.6 is 27.3 Å². The van der Waals surface area contributed by atoms with Crippen molar-refractivity contribution in [2.24, 2.45) is 0 Å². The van der Waals surface area contributed by atoms with Gasteiger partial charge in [-0.1, -0.05) is 6.07 Å². The minimum absolute atomic E-state index is 0.121. The molecule has 0 bridgehead atoms. The number of hydrogen-bond acceptors (Lipinski definition) is 5. The Bertz CT molecular complexity index is 645. The van der Waals surface area contributed by atoms with Crippen LogP contribution in [-0.4, -0.2) is 18.5 Å². The van der Waals surface area contributed by atoms with E-state index in [0.29, 0.717) is 24.5 Å². The molecule has 2 rings (SSSR count). The Morgan fingerprint density at radius 3 is 2.81 bits per heavy atom. The molecule has 0 aliphatic carbocycles. The van der Waals surface area contributed by atoms with E-state index in [4.69, 9.17) is 0 Å². The second-order valence-electron chi connectivity index (χ2n) is 4.58. The van der Waals surface area contributed by atoms with Crippen LogP contribution in [0.3, 0.4) is 0 Å². The third kappa shape index (κ3) is 3.74. The molecule has 0 radical (unpaired) electrons. The summed E-state index contributed by atoms with van der Waals surface area (Å²) in [5.74, 6) is 0. The summed E-state index contributed by atoms with van der Waals surface area (Å²) in [5, 5.41) is 16.5. The van der Waals surface area contributed by atoms with Crippen molar-refractivity contribution in [1.29, 1.82) is 0 Å². The number of benzene rings is 1. The number of hydrogen-bond donors (Lipinski definition) is 1. The van der Waals surface area contributed by atoms with Crippen molar-refractivity contribution in [3.8, 4) is 0 Å². The van der Waals surface area contributed by atoms with Crippen molar-refractivity contribution < 1.29 is 4.92 Å². The number of nitro benzene ring substituents is 1. The number of para-hydroxylation sites is 1. The molecule has 7 heteroatoms. The summed E-state index contributed by atoms with van der Waals surface area (Å²) < 4.78 is 1.06. The van der Waals surface area contributed by atoms with Gasteiger partial charge < -0.3 is 10.2 Å². The average Bonchev–Trinajstić information content (AvgIpc) is 2.84. The van der Waals surface area contributed by atoms with Gasteiger partial charge in [0.05, 0.1) is 8.71 Å². The zero-order chi connectivity index (χ0) is 15.4. The molecule has 1 aromatic heterocycles. The molecule has 1 N–H and O–H groups in total. The molecule has 0 atom stereocenters. The summed E-state index contributed by atoms with van der Waals surface area (Å²) >= 11 is 5.04. The molecule has 21 heavy (non-hydrogen) atoms. The maximum absolute atomic E-state index is 11.4. The smallest absolute Gasteiger partial charge is 0.315 e. The van der Waals surface area contributed by atoms with Gasteiger partial charge in [-0.2, -0.15) is 0 Å². The number of anilines is 2. The molecule has 5 nitrogen and oxygen atoms in total. The Labute approximate surface area is 135 Å². The Morgan fingerprint density at radius 2 is 2.24 bits per heavy atom. The first-order valence-corrected chi connectivity index (χ1v) is 8.15. The van der Waals surface area contributed by atoms with Crippen LogP contribution in [0.5, 0.6) is 0 Å². The Morgan fingerprint density at radius 1 is 1.48 bits per heavy atom. The van der Waals surface area contributed by atoms with E-state index in [2.05, 4.69) is 21.2 Å². The molecule has 0 amide bonds. The average molecular weight is 370 g/mol. The van der Waals surface area contributed by atoms with Crippen molar-refractivity contribution in [1.82, 2.24) is 0 Å². The zero-order valence-corrected chi connectivity index (χ0v) is 14.2. The molecule has 112 valence electrons. The molecule has 0 spiro atoms. The molecular weight excluding hydrogens is 354 g/mol. The first-order valence-electron chi connectivity index (χ1n) is 6.48. The fourth-order valence-corrected chi connectivity index (χ4v) is 3.35. The van der Waals surface area contributed by atoms with E-state index in [1.165, 1.54) is 0 Å². The van der Waals surface area contributed by atoms with Gasteiger partial charge in [0.1, 0.15) is 11.4 Å². The number of nitro groups is 1. The van der Waals surface area contributed by atoms with Gasteiger partial charge in [-0.15, -0.1) is 11.3 Å². The van der Waals surface area contributed by atoms with Gasteiger partial charge in [0.25, 0.3) is 0 Å². The fraction of sp³-hybridized carbons (Fsp3) is 0.286. The third-order valence-corrected chi connectivity index (χ3v) is 4.57. The van der Waals surface area contributed by atoms with Crippen LogP contribution < -0.4 is 10.2 Å². The summed E-state index contributed by atoms with van der Waals surface area (Å²) in [6, 6.07) is 7.38. The quantitative estimate of drug-likeness (QED) is 0.601. The lowest BCUT2D eigenvalue weighted by molar-refractivity contribution is -0.383. The van der Waals surface area contributed by atoms with Crippen LogP contribution in [0, 0.1) is 10.1 Å². The minimum atomic E-state index is -0.326. The number of nitrogens with zero attached hydrogens (tertiary/aromatic N) is 2. The van der Waals surface area contributed by atoms with E-state index in [9.17, 15) is 10.1 Å². The van der Waals surface area contributed by atoms with Gasteiger partial charge in [0.15, 0.2) is 0 Å². The van der Waals surface area contributed by atoms with Crippen LogP contribution in [0.2, 0.25) is 0 Å². The predicted molar refractivity (Wildman–Crippen MR) is 91.4 cm³/mol. The summed E-state index contributed by atoms with van der Waals surface area (Å²) in [6.45, 7) is 3.19. The van der Waals surface area contributed by atoms with Crippen molar-refractivity contribution in [2.75, 3.05) is 23.8 Å². The first-order chi connectivity index (χ1) is 10.0. The SMILES string of the molecule is CCNc1cccc(N(C)Cc2csc(Br)c2)c1[N+](=O)[O-]. The van der Waals surface area contributed by atoms with Gasteiger partial charge >= 0.3 is 5.69 Å². The number of nitrogens with one attached hydrogen (secondary N) is 1. The summed E-state index contributed by atoms with van der Waals surface area (Å²) in [7, 11) is 1.86. The lowest BCUT2D eigenvalue weighted by atomic mass is 10.2. The Kier molecular flexibility index (Phi) is 5.19. The molecule has 0 unspecified atom stereocenters. The minimum Gasteiger partial charge on any atom is -0.380 e. The van der Waals surface area contributed by atoms with E-state index in [1.54, 1.807) is 23.5 Å². The molecular formula is C14H16BrN3O2S. The number of rotatable bonds is 6. The van der Waals surface area contributed by atoms with Crippen molar-refractivity contribution in [2.45, 2.75) is 13.5 Å². The summed E-state index contributed by atoms with van der Waals surface area (Å²) in [6.07, 6.45) is 0. The Hall–Kier alpha value is -1.60. The normalized spacial score (nSPS) is 10.4. The standard InChI is InChI=1S/C14H16BrN3O2S/c1-3-16-11-5-4-6-12(14(11)18(19)20)17(2)8-10-7-13(15)21-9-10/h4-7,9,16H,3,8H2,1-2H3. The molecule has 0 fully saturated rings. The van der Waals surface area contributed by atoms with E-state index in [-0.39, 0.29) is 10.6 Å². The van der Waals surface area contributed by atoms with Crippen LogP contribution in [0.15, 0.2) is 33.4 Å². The summed E-state index contributed by atoms with van der Waals surface area (Å²) in [4.78, 5) is 13.0. The second-order valence-corrected chi connectivity index (χ2v) is 6.87. The maximum atomic E-state index is 11.4. The second kappa shape index (κ2) is 6.91. The highest BCUT2D eigenvalue weighted by Crippen LogP contribution is 2.35. The van der Waals surface area contributed by atoms with Gasteiger partial charge in [-0.25, -0.2) is 0 Å². The highest BCUT2D eigenvalue weighted by Gasteiger charge is 2.22. The van der Waals surface area contributed by atoms with E-state index >= 15 is 0 Å². The largest absolute Gasteiger partial charge is 0.380 e.